The van der Waals surface area contributed by atoms with Gasteiger partial charge in [0, 0.05) is 34.5 Å². The van der Waals surface area contributed by atoms with E-state index in [-0.39, 0.29) is 0 Å². The maximum absolute atomic E-state index is 7.58. The van der Waals surface area contributed by atoms with Gasteiger partial charge in [0.1, 0.15) is 17.1 Å². The van der Waals surface area contributed by atoms with Crippen LogP contribution in [0.3, 0.4) is 0 Å². The van der Waals surface area contributed by atoms with E-state index in [1.54, 1.807) is 22.8 Å². The summed E-state index contributed by atoms with van der Waals surface area (Å²) >= 11 is 0. The number of para-hydroxylation sites is 1. The molecular weight excluding hydrogens is 522 g/mol. The number of nitrogens with zero attached hydrogens (tertiary/aromatic N) is 7. The van der Waals surface area contributed by atoms with Gasteiger partial charge in [-0.3, -0.25) is 14.3 Å². The van der Waals surface area contributed by atoms with Gasteiger partial charge in [-0.1, -0.05) is 30.3 Å². The molecule has 0 bridgehead atoms. The third kappa shape index (κ3) is 3.43. The summed E-state index contributed by atoms with van der Waals surface area (Å²) in [5.74, 6) is 1.91. The average Bonchev–Trinajstić information content (AvgIpc) is 3.58. The molecule has 0 atom stereocenters. The van der Waals surface area contributed by atoms with E-state index in [9.17, 15) is 0 Å². The normalized spacial score (nSPS) is 11.4. The largest absolute Gasteiger partial charge is 0.439 e. The lowest BCUT2D eigenvalue weighted by Gasteiger charge is -2.11. The molecule has 0 amide bonds. The molecule has 0 radical (unpaired) electrons. The van der Waals surface area contributed by atoms with Crippen molar-refractivity contribution in [1.29, 1.82) is 0 Å². The average molecular weight is 542 g/mol. The Labute approximate surface area is 239 Å². The highest BCUT2D eigenvalue weighted by atomic mass is 16.5. The summed E-state index contributed by atoms with van der Waals surface area (Å²) in [5.41, 5.74) is 5.74. The van der Waals surface area contributed by atoms with Crippen LogP contribution in [-0.2, 0) is 0 Å². The van der Waals surface area contributed by atoms with E-state index in [4.69, 9.17) is 22.9 Å². The molecule has 0 fully saturated rings. The Balaban J connectivity index is 1.31. The summed E-state index contributed by atoms with van der Waals surface area (Å²) in [6.45, 7) is 17.0. The van der Waals surface area contributed by atoms with Crippen molar-refractivity contribution < 1.29 is 4.74 Å². The predicted octanol–water partition coefficient (Wildman–Crippen LogP) is 8.73. The van der Waals surface area contributed by atoms with Crippen molar-refractivity contribution >= 4 is 60.5 Å². The molecule has 0 N–H and O–H groups in total. The van der Waals surface area contributed by atoms with E-state index in [1.807, 2.05) is 67.6 Å². The fourth-order valence-electron chi connectivity index (χ4n) is 5.77. The van der Waals surface area contributed by atoms with Gasteiger partial charge in [0.25, 0.3) is 0 Å². The Morgan fingerprint density at radius 2 is 1.48 bits per heavy atom. The monoisotopic (exact) mass is 541 g/mol. The van der Waals surface area contributed by atoms with Crippen LogP contribution in [0.4, 0.5) is 11.4 Å². The van der Waals surface area contributed by atoms with Gasteiger partial charge in [-0.15, -0.1) is 0 Å². The van der Waals surface area contributed by atoms with E-state index in [0.717, 1.165) is 55.1 Å². The van der Waals surface area contributed by atoms with Gasteiger partial charge < -0.3 is 4.74 Å². The SMILES string of the molecule is [C-]#[N+]c1cc2c3ccc(Oc4ccc5c6ccccc6n(-c6ccccn6)c5c4)nc3c3cc(C)nn3c2cc1[N+]#[C-]. The highest BCUT2D eigenvalue weighted by Gasteiger charge is 2.17. The molecule has 5 aromatic heterocycles. The number of fused-ring (bicyclic) bond motifs is 9. The molecule has 0 aliphatic rings. The molecule has 8 heteroatoms. The van der Waals surface area contributed by atoms with Crippen molar-refractivity contribution in [2.75, 3.05) is 0 Å². The minimum Gasteiger partial charge on any atom is -0.439 e. The van der Waals surface area contributed by atoms with Crippen molar-refractivity contribution in [3.05, 3.63) is 126 Å². The molecule has 8 rings (SSSR count). The molecule has 0 aliphatic carbocycles. The minimum atomic E-state index is 0.303. The first-order chi connectivity index (χ1) is 20.6. The van der Waals surface area contributed by atoms with Crippen LogP contribution in [0.15, 0.2) is 97.2 Å². The van der Waals surface area contributed by atoms with E-state index in [1.165, 1.54) is 0 Å². The van der Waals surface area contributed by atoms with Gasteiger partial charge in [0.2, 0.25) is 5.88 Å². The second-order valence-electron chi connectivity index (χ2n) is 10.0. The van der Waals surface area contributed by atoms with Crippen LogP contribution < -0.4 is 4.74 Å². The number of hydrogen-bond donors (Lipinski definition) is 0. The summed E-state index contributed by atoms with van der Waals surface area (Å²) in [6.07, 6.45) is 1.79. The fraction of sp³-hybridized carbons (Fsp3) is 0.0294. The van der Waals surface area contributed by atoms with Crippen LogP contribution in [0.1, 0.15) is 5.69 Å². The Morgan fingerprint density at radius 3 is 2.31 bits per heavy atom. The Morgan fingerprint density at radius 1 is 0.690 bits per heavy atom. The molecule has 8 nitrogen and oxygen atoms in total. The zero-order chi connectivity index (χ0) is 28.4. The Kier molecular flexibility index (Phi) is 5.00. The molecule has 5 heterocycles. The first-order valence-electron chi connectivity index (χ1n) is 13.3. The summed E-state index contributed by atoms with van der Waals surface area (Å²) in [4.78, 5) is 16.7. The van der Waals surface area contributed by atoms with Crippen LogP contribution in [0.5, 0.6) is 11.6 Å². The van der Waals surface area contributed by atoms with Crippen LogP contribution >= 0.6 is 0 Å². The first kappa shape index (κ1) is 23.6. The maximum atomic E-state index is 7.58. The fourth-order valence-corrected chi connectivity index (χ4v) is 5.77. The van der Waals surface area contributed by atoms with Gasteiger partial charge in [0.05, 0.1) is 40.9 Å². The van der Waals surface area contributed by atoms with E-state index < -0.39 is 0 Å². The highest BCUT2D eigenvalue weighted by Crippen LogP contribution is 2.39. The van der Waals surface area contributed by atoms with Gasteiger partial charge in [0.15, 0.2) is 11.4 Å². The first-order valence-corrected chi connectivity index (χ1v) is 13.3. The molecule has 3 aromatic carbocycles. The highest BCUT2D eigenvalue weighted by molar-refractivity contribution is 6.13. The number of pyridine rings is 3. The molecule has 0 spiro atoms. The lowest BCUT2D eigenvalue weighted by atomic mass is 10.1. The number of benzene rings is 3. The Bertz CT molecular complexity index is 2480. The van der Waals surface area contributed by atoms with Crippen LogP contribution in [0, 0.1) is 20.1 Å². The number of aromatic nitrogens is 5. The van der Waals surface area contributed by atoms with Crippen LogP contribution in [-0.4, -0.2) is 24.1 Å². The number of ether oxygens (including phenoxy) is 1. The van der Waals surface area contributed by atoms with E-state index >= 15 is 0 Å². The smallest absolute Gasteiger partial charge is 0.219 e. The summed E-state index contributed by atoms with van der Waals surface area (Å²) in [7, 11) is 0. The van der Waals surface area contributed by atoms with E-state index in [0.29, 0.717) is 28.5 Å². The third-order valence-electron chi connectivity index (χ3n) is 7.54. The minimum absolute atomic E-state index is 0.303. The van der Waals surface area contributed by atoms with Crippen LogP contribution in [0.2, 0.25) is 0 Å². The van der Waals surface area contributed by atoms with E-state index in [2.05, 4.69) is 42.5 Å². The summed E-state index contributed by atoms with van der Waals surface area (Å²) < 4.78 is 10.3. The predicted molar refractivity (Wildman–Crippen MR) is 164 cm³/mol. The van der Waals surface area contributed by atoms with Gasteiger partial charge in [-0.2, -0.15) is 5.10 Å². The third-order valence-corrected chi connectivity index (χ3v) is 7.54. The van der Waals surface area contributed by atoms with Gasteiger partial charge >= 0.3 is 0 Å². The molecule has 0 unspecified atom stereocenters. The second kappa shape index (κ2) is 8.88. The number of aryl methyl sites for hydroxylation is 1. The number of rotatable bonds is 3. The van der Waals surface area contributed by atoms with Crippen molar-refractivity contribution in [3.8, 4) is 17.4 Å². The van der Waals surface area contributed by atoms with Crippen molar-refractivity contribution in [1.82, 2.24) is 24.1 Å². The van der Waals surface area contributed by atoms with Crippen molar-refractivity contribution in [2.24, 2.45) is 0 Å². The molecule has 0 saturated carbocycles. The lowest BCUT2D eigenvalue weighted by molar-refractivity contribution is 0.466. The lowest BCUT2D eigenvalue weighted by Crippen LogP contribution is -1.97. The second-order valence-corrected chi connectivity index (χ2v) is 10.0. The molecule has 196 valence electrons. The summed E-state index contributed by atoms with van der Waals surface area (Å²) in [5, 5.41) is 8.58. The summed E-state index contributed by atoms with van der Waals surface area (Å²) in [6, 6.07) is 29.4. The number of hydrogen-bond acceptors (Lipinski definition) is 4. The molecular formula is C34H19N7O. The standard InChI is InChI=1S/C34H19N7O/c1-20-16-31-34-24(25-18-26(35-2)27(36-3)19-30(25)41(31)39-20)13-14-33(38-34)42-21-11-12-23-22-8-4-5-9-28(22)40(29(23)17-21)32-10-6-7-15-37-32/h4-19H,1H3. The van der Waals surface area contributed by atoms with Gasteiger partial charge in [-0.25, -0.2) is 14.5 Å². The Hall–Kier alpha value is -6.25. The zero-order valence-electron chi connectivity index (χ0n) is 22.3. The zero-order valence-corrected chi connectivity index (χ0v) is 22.3. The van der Waals surface area contributed by atoms with Crippen molar-refractivity contribution in [3.63, 3.8) is 0 Å². The van der Waals surface area contributed by atoms with Crippen molar-refractivity contribution in [2.45, 2.75) is 6.92 Å². The van der Waals surface area contributed by atoms with Gasteiger partial charge in [-0.05, 0) is 60.8 Å². The molecule has 0 aliphatic heterocycles. The maximum Gasteiger partial charge on any atom is 0.219 e. The quantitative estimate of drug-likeness (QED) is 0.166. The molecule has 42 heavy (non-hydrogen) atoms. The van der Waals surface area contributed by atoms with Crippen LogP contribution in [0.25, 0.3) is 64.6 Å². The molecule has 0 saturated heterocycles. The topological polar surface area (TPSA) is 66.0 Å². The molecule has 8 aromatic rings.